The van der Waals surface area contributed by atoms with Crippen LogP contribution in [0.5, 0.6) is 0 Å². The molecule has 0 spiro atoms. The molecule has 0 amide bonds. The fourth-order valence-corrected chi connectivity index (χ4v) is 2.06. The third-order valence-electron chi connectivity index (χ3n) is 2.19. The lowest BCUT2D eigenvalue weighted by molar-refractivity contribution is 0.289. The van der Waals surface area contributed by atoms with E-state index < -0.39 is 0 Å². The molecule has 0 atom stereocenters. The SMILES string of the molecule is CCN(CCCO)c1c(N)cncc1Br. The van der Waals surface area contributed by atoms with Crippen LogP contribution in [0.3, 0.4) is 0 Å². The van der Waals surface area contributed by atoms with Crippen molar-refractivity contribution in [1.29, 1.82) is 0 Å². The van der Waals surface area contributed by atoms with E-state index in [1.54, 1.807) is 12.4 Å². The number of nitrogens with zero attached hydrogens (tertiary/aromatic N) is 2. The van der Waals surface area contributed by atoms with Crippen LogP contribution in [-0.4, -0.2) is 29.8 Å². The number of pyridine rings is 1. The predicted molar refractivity (Wildman–Crippen MR) is 65.9 cm³/mol. The van der Waals surface area contributed by atoms with Gasteiger partial charge in [-0.05, 0) is 29.3 Å². The Balaban J connectivity index is 2.90. The number of hydrogen-bond donors (Lipinski definition) is 2. The molecule has 0 fully saturated rings. The highest BCUT2D eigenvalue weighted by atomic mass is 79.9. The Bertz CT molecular complexity index is 299. The van der Waals surface area contributed by atoms with Crippen LogP contribution in [0.15, 0.2) is 16.9 Å². The maximum atomic E-state index is 8.81. The summed E-state index contributed by atoms with van der Waals surface area (Å²) in [5, 5.41) is 8.81. The van der Waals surface area contributed by atoms with Crippen molar-refractivity contribution in [2.45, 2.75) is 13.3 Å². The maximum absolute atomic E-state index is 8.81. The molecule has 1 heterocycles. The molecule has 0 radical (unpaired) electrons. The van der Waals surface area contributed by atoms with E-state index in [2.05, 4.69) is 32.7 Å². The maximum Gasteiger partial charge on any atom is 0.0775 e. The Morgan fingerprint density at radius 3 is 2.80 bits per heavy atom. The van der Waals surface area contributed by atoms with E-state index in [0.717, 1.165) is 29.7 Å². The van der Waals surface area contributed by atoms with Crippen LogP contribution >= 0.6 is 15.9 Å². The molecule has 0 aliphatic rings. The molecule has 0 aliphatic heterocycles. The average molecular weight is 274 g/mol. The lowest BCUT2D eigenvalue weighted by Crippen LogP contribution is -2.26. The molecule has 84 valence electrons. The van der Waals surface area contributed by atoms with Gasteiger partial charge in [0.25, 0.3) is 0 Å². The Labute approximate surface area is 98.2 Å². The monoisotopic (exact) mass is 273 g/mol. The van der Waals surface area contributed by atoms with Crippen LogP contribution in [0.4, 0.5) is 11.4 Å². The Morgan fingerprint density at radius 2 is 2.27 bits per heavy atom. The zero-order chi connectivity index (χ0) is 11.3. The first-order valence-electron chi connectivity index (χ1n) is 4.95. The Morgan fingerprint density at radius 1 is 1.53 bits per heavy atom. The number of nitrogen functional groups attached to an aromatic ring is 1. The second-order valence-electron chi connectivity index (χ2n) is 3.22. The lowest BCUT2D eigenvalue weighted by Gasteiger charge is -2.25. The van der Waals surface area contributed by atoms with Crippen molar-refractivity contribution < 1.29 is 5.11 Å². The second kappa shape index (κ2) is 5.92. The van der Waals surface area contributed by atoms with Crippen LogP contribution in [0.25, 0.3) is 0 Å². The standard InChI is InChI=1S/C10H16BrN3O/c1-2-14(4-3-5-15)10-8(11)6-13-7-9(10)12/h6-7,15H,2-5,12H2,1H3. The minimum atomic E-state index is 0.194. The van der Waals surface area contributed by atoms with Crippen LogP contribution in [0.2, 0.25) is 0 Å². The summed E-state index contributed by atoms with van der Waals surface area (Å²) < 4.78 is 0.891. The first-order chi connectivity index (χ1) is 7.20. The van der Waals surface area contributed by atoms with Gasteiger partial charge in [-0.25, -0.2) is 0 Å². The lowest BCUT2D eigenvalue weighted by atomic mass is 10.3. The van der Waals surface area contributed by atoms with E-state index in [9.17, 15) is 0 Å². The van der Waals surface area contributed by atoms with Gasteiger partial charge in [0, 0.05) is 25.9 Å². The molecule has 5 heteroatoms. The summed E-state index contributed by atoms with van der Waals surface area (Å²) >= 11 is 3.43. The topological polar surface area (TPSA) is 62.4 Å². The van der Waals surface area contributed by atoms with Crippen molar-refractivity contribution in [1.82, 2.24) is 4.98 Å². The summed E-state index contributed by atoms with van der Waals surface area (Å²) in [5.74, 6) is 0. The molecule has 0 unspecified atom stereocenters. The predicted octanol–water partition coefficient (Wildman–Crippen LogP) is 1.63. The molecule has 3 N–H and O–H groups in total. The Hall–Kier alpha value is -0.810. The molecule has 1 aromatic heterocycles. The van der Waals surface area contributed by atoms with Gasteiger partial charge in [-0.3, -0.25) is 4.98 Å². The van der Waals surface area contributed by atoms with E-state index in [1.165, 1.54) is 0 Å². The second-order valence-corrected chi connectivity index (χ2v) is 4.07. The summed E-state index contributed by atoms with van der Waals surface area (Å²) in [7, 11) is 0. The molecule has 0 saturated carbocycles. The van der Waals surface area contributed by atoms with Gasteiger partial charge in [0.15, 0.2) is 0 Å². The van der Waals surface area contributed by atoms with Gasteiger partial charge in [-0.1, -0.05) is 0 Å². The van der Waals surface area contributed by atoms with Crippen molar-refractivity contribution in [3.05, 3.63) is 16.9 Å². The molecule has 0 aromatic carbocycles. The van der Waals surface area contributed by atoms with Crippen molar-refractivity contribution in [3.63, 3.8) is 0 Å². The van der Waals surface area contributed by atoms with Gasteiger partial charge in [-0.15, -0.1) is 0 Å². The third kappa shape index (κ3) is 3.07. The van der Waals surface area contributed by atoms with Crippen LogP contribution in [0.1, 0.15) is 13.3 Å². The van der Waals surface area contributed by atoms with E-state index >= 15 is 0 Å². The van der Waals surface area contributed by atoms with Crippen LogP contribution in [0, 0.1) is 0 Å². The minimum absolute atomic E-state index is 0.194. The molecule has 0 bridgehead atoms. The van der Waals surface area contributed by atoms with Gasteiger partial charge < -0.3 is 15.7 Å². The van der Waals surface area contributed by atoms with Crippen molar-refractivity contribution >= 4 is 27.3 Å². The summed E-state index contributed by atoms with van der Waals surface area (Å²) in [6.45, 7) is 3.90. The molecular weight excluding hydrogens is 258 g/mol. The van der Waals surface area contributed by atoms with Crippen LogP contribution in [-0.2, 0) is 0 Å². The molecule has 0 aliphatic carbocycles. The number of anilines is 2. The number of aliphatic hydroxyl groups excluding tert-OH is 1. The fraction of sp³-hybridized carbons (Fsp3) is 0.500. The highest BCUT2D eigenvalue weighted by Gasteiger charge is 2.11. The zero-order valence-electron chi connectivity index (χ0n) is 8.78. The van der Waals surface area contributed by atoms with E-state index in [1.807, 2.05) is 0 Å². The molecule has 15 heavy (non-hydrogen) atoms. The summed E-state index contributed by atoms with van der Waals surface area (Å²) in [4.78, 5) is 6.12. The van der Waals surface area contributed by atoms with Gasteiger partial charge in [-0.2, -0.15) is 0 Å². The molecule has 1 aromatic rings. The van der Waals surface area contributed by atoms with Crippen molar-refractivity contribution in [2.24, 2.45) is 0 Å². The smallest absolute Gasteiger partial charge is 0.0775 e. The average Bonchev–Trinajstić information content (AvgIpc) is 2.22. The molecule has 4 nitrogen and oxygen atoms in total. The number of hydrogen-bond acceptors (Lipinski definition) is 4. The number of aliphatic hydroxyl groups is 1. The molecular formula is C10H16BrN3O. The van der Waals surface area contributed by atoms with Gasteiger partial charge >= 0.3 is 0 Å². The Kier molecular flexibility index (Phi) is 4.84. The molecule has 1 rings (SSSR count). The normalized spacial score (nSPS) is 10.3. The third-order valence-corrected chi connectivity index (χ3v) is 2.77. The summed E-state index contributed by atoms with van der Waals surface area (Å²) in [5.41, 5.74) is 7.49. The van der Waals surface area contributed by atoms with Gasteiger partial charge in [0.1, 0.15) is 0 Å². The largest absolute Gasteiger partial charge is 0.396 e. The van der Waals surface area contributed by atoms with Crippen LogP contribution < -0.4 is 10.6 Å². The number of aromatic nitrogens is 1. The zero-order valence-corrected chi connectivity index (χ0v) is 10.4. The number of rotatable bonds is 5. The van der Waals surface area contributed by atoms with Gasteiger partial charge in [0.05, 0.1) is 22.0 Å². The molecule has 0 saturated heterocycles. The first kappa shape index (κ1) is 12.3. The number of halogens is 1. The van der Waals surface area contributed by atoms with E-state index in [4.69, 9.17) is 10.8 Å². The summed E-state index contributed by atoms with van der Waals surface area (Å²) in [6.07, 6.45) is 4.11. The summed E-state index contributed by atoms with van der Waals surface area (Å²) in [6, 6.07) is 0. The van der Waals surface area contributed by atoms with Gasteiger partial charge in [0.2, 0.25) is 0 Å². The highest BCUT2D eigenvalue weighted by molar-refractivity contribution is 9.10. The van der Waals surface area contributed by atoms with E-state index in [-0.39, 0.29) is 6.61 Å². The first-order valence-corrected chi connectivity index (χ1v) is 5.74. The van der Waals surface area contributed by atoms with Crippen molar-refractivity contribution in [2.75, 3.05) is 30.3 Å². The fourth-order valence-electron chi connectivity index (χ4n) is 1.47. The number of nitrogens with two attached hydrogens (primary N) is 1. The minimum Gasteiger partial charge on any atom is -0.396 e. The van der Waals surface area contributed by atoms with E-state index in [0.29, 0.717) is 5.69 Å². The highest BCUT2D eigenvalue weighted by Crippen LogP contribution is 2.30. The van der Waals surface area contributed by atoms with Crippen molar-refractivity contribution in [3.8, 4) is 0 Å². The quantitative estimate of drug-likeness (QED) is 0.856.